The third-order valence-electron chi connectivity index (χ3n) is 6.98. The predicted octanol–water partition coefficient (Wildman–Crippen LogP) is 5.47. The Labute approximate surface area is 201 Å². The zero-order chi connectivity index (χ0) is 24.8. The second kappa shape index (κ2) is 8.75. The molecule has 6 heteroatoms. The van der Waals surface area contributed by atoms with Crippen molar-refractivity contribution in [3.63, 3.8) is 0 Å². The number of imide groups is 2. The number of rotatable bonds is 4. The average molecular weight is 460 g/mol. The molecule has 1 N–H and O–H groups in total. The fourth-order valence-electron chi connectivity index (χ4n) is 5.30. The number of carbonyl (C=O) groups is 3. The first kappa shape index (κ1) is 23.7. The Kier molecular flexibility index (Phi) is 6.11. The van der Waals surface area contributed by atoms with Gasteiger partial charge in [-0.15, -0.1) is 0 Å². The molecule has 0 aliphatic carbocycles. The van der Waals surface area contributed by atoms with Crippen LogP contribution in [0.3, 0.4) is 0 Å². The minimum Gasteiger partial charge on any atom is -0.366 e. The Morgan fingerprint density at radius 3 is 2.44 bits per heavy atom. The summed E-state index contributed by atoms with van der Waals surface area (Å²) in [7, 11) is 0. The molecule has 2 aliphatic rings. The van der Waals surface area contributed by atoms with Crippen LogP contribution in [0.5, 0.6) is 0 Å². The van der Waals surface area contributed by atoms with Gasteiger partial charge < -0.3 is 4.90 Å². The molecule has 2 aromatic carbocycles. The Morgan fingerprint density at radius 1 is 1.06 bits per heavy atom. The van der Waals surface area contributed by atoms with E-state index in [4.69, 9.17) is 0 Å². The summed E-state index contributed by atoms with van der Waals surface area (Å²) in [6.07, 6.45) is 3.70. The molecule has 2 aromatic rings. The van der Waals surface area contributed by atoms with Crippen molar-refractivity contribution in [3.8, 4) is 0 Å². The number of fused-ring (bicyclic) bond motifs is 1. The first-order chi connectivity index (χ1) is 16.0. The van der Waals surface area contributed by atoms with E-state index in [0.717, 1.165) is 41.0 Å². The fraction of sp³-hybridized carbons (Fsp3) is 0.393. The Balaban J connectivity index is 1.79. The number of hydrogen-bond donors (Lipinski definition) is 1. The molecule has 1 saturated heterocycles. The normalized spacial score (nSPS) is 21.1. The fourth-order valence-corrected chi connectivity index (χ4v) is 5.30. The van der Waals surface area contributed by atoms with Crippen molar-refractivity contribution in [2.24, 2.45) is 0 Å². The van der Waals surface area contributed by atoms with Crippen LogP contribution >= 0.6 is 0 Å². The van der Waals surface area contributed by atoms with Crippen LogP contribution in [0.1, 0.15) is 68.7 Å². The highest BCUT2D eigenvalue weighted by molar-refractivity contribution is 6.39. The predicted molar refractivity (Wildman–Crippen MR) is 136 cm³/mol. The molecule has 0 spiro atoms. The van der Waals surface area contributed by atoms with Crippen molar-refractivity contribution in [1.82, 2.24) is 5.32 Å². The first-order valence-corrected chi connectivity index (χ1v) is 11.9. The quantitative estimate of drug-likeness (QED) is 0.486. The van der Waals surface area contributed by atoms with Gasteiger partial charge in [0.2, 0.25) is 0 Å². The molecule has 0 saturated carbocycles. The van der Waals surface area contributed by atoms with E-state index in [1.807, 2.05) is 26.0 Å². The van der Waals surface area contributed by atoms with Crippen molar-refractivity contribution < 1.29 is 14.4 Å². The van der Waals surface area contributed by atoms with E-state index in [-0.39, 0.29) is 11.1 Å². The number of barbiturate groups is 1. The summed E-state index contributed by atoms with van der Waals surface area (Å²) in [5, 5.41) is 2.33. The van der Waals surface area contributed by atoms with Crippen molar-refractivity contribution in [2.45, 2.75) is 65.8 Å². The van der Waals surface area contributed by atoms with E-state index in [1.165, 1.54) is 11.3 Å². The lowest BCUT2D eigenvalue weighted by atomic mass is 9.78. The minimum atomic E-state index is -0.727. The van der Waals surface area contributed by atoms with E-state index in [2.05, 4.69) is 50.0 Å². The summed E-state index contributed by atoms with van der Waals surface area (Å²) in [4.78, 5) is 42.2. The van der Waals surface area contributed by atoms with Crippen LogP contribution in [-0.2, 0) is 9.59 Å². The highest BCUT2D eigenvalue weighted by Gasteiger charge is 2.38. The number of urea groups is 1. The maximum absolute atomic E-state index is 13.4. The van der Waals surface area contributed by atoms with Gasteiger partial charge in [0, 0.05) is 17.8 Å². The highest BCUT2D eigenvalue weighted by Crippen LogP contribution is 2.44. The molecule has 34 heavy (non-hydrogen) atoms. The number of aryl methyl sites for hydroxylation is 2. The largest absolute Gasteiger partial charge is 0.366 e. The lowest BCUT2D eigenvalue weighted by Crippen LogP contribution is -2.54. The molecule has 1 unspecified atom stereocenters. The van der Waals surface area contributed by atoms with Gasteiger partial charge in [-0.2, -0.15) is 0 Å². The van der Waals surface area contributed by atoms with Gasteiger partial charge in [-0.05, 0) is 93.0 Å². The van der Waals surface area contributed by atoms with Crippen molar-refractivity contribution in [1.29, 1.82) is 0 Å². The Morgan fingerprint density at radius 2 is 1.76 bits per heavy atom. The van der Waals surface area contributed by atoms with Gasteiger partial charge in [-0.25, -0.2) is 9.69 Å². The second-order valence-corrected chi connectivity index (χ2v) is 10.1. The molecular weight excluding hydrogens is 426 g/mol. The van der Waals surface area contributed by atoms with E-state index >= 15 is 0 Å². The van der Waals surface area contributed by atoms with Gasteiger partial charge in [-0.1, -0.05) is 32.0 Å². The molecule has 178 valence electrons. The molecule has 4 amide bonds. The van der Waals surface area contributed by atoms with Gasteiger partial charge in [0.05, 0.1) is 5.69 Å². The summed E-state index contributed by atoms with van der Waals surface area (Å²) in [5.41, 5.74) is 5.51. The summed E-state index contributed by atoms with van der Waals surface area (Å²) in [6.45, 7) is 13.8. The summed E-state index contributed by atoms with van der Waals surface area (Å²) in [6, 6.07) is 10.7. The number of hydrogen-bond acceptors (Lipinski definition) is 4. The topological polar surface area (TPSA) is 69.7 Å². The summed E-state index contributed by atoms with van der Waals surface area (Å²) < 4.78 is 0. The Hall–Kier alpha value is -3.41. The van der Waals surface area contributed by atoms with Crippen LogP contribution in [0, 0.1) is 13.8 Å². The molecule has 1 fully saturated rings. The number of nitrogens with one attached hydrogen (secondary N) is 1. The van der Waals surface area contributed by atoms with Gasteiger partial charge >= 0.3 is 6.03 Å². The summed E-state index contributed by atoms with van der Waals surface area (Å²) >= 11 is 0. The molecule has 0 bridgehead atoms. The van der Waals surface area contributed by atoms with Crippen LogP contribution in [0.25, 0.3) is 6.08 Å². The molecule has 2 aliphatic heterocycles. The smallest absolute Gasteiger partial charge is 0.335 e. The van der Waals surface area contributed by atoms with Crippen molar-refractivity contribution in [3.05, 3.63) is 64.2 Å². The SMILES string of the molecule is CCCN1c2cc(C)c(/C=C3/C(=O)NC(=O)N(c4ccccc4C)C3=O)cc2C(C)CC1(C)C. The minimum absolute atomic E-state index is 0.0416. The van der Waals surface area contributed by atoms with Gasteiger partial charge in [0.25, 0.3) is 11.8 Å². The van der Waals surface area contributed by atoms with E-state index < -0.39 is 17.8 Å². The number of carbonyl (C=O) groups excluding carboxylic acids is 3. The van der Waals surface area contributed by atoms with Crippen LogP contribution in [0.2, 0.25) is 0 Å². The lowest BCUT2D eigenvalue weighted by Gasteiger charge is -2.48. The maximum atomic E-state index is 13.4. The molecule has 2 heterocycles. The highest BCUT2D eigenvalue weighted by atomic mass is 16.2. The molecule has 6 nitrogen and oxygen atoms in total. The number of amides is 4. The zero-order valence-electron chi connectivity index (χ0n) is 20.9. The van der Waals surface area contributed by atoms with Crippen molar-refractivity contribution in [2.75, 3.05) is 16.3 Å². The number of para-hydroxylation sites is 1. The maximum Gasteiger partial charge on any atom is 0.335 e. The van der Waals surface area contributed by atoms with Crippen LogP contribution < -0.4 is 15.1 Å². The first-order valence-electron chi connectivity index (χ1n) is 11.9. The van der Waals surface area contributed by atoms with Crippen LogP contribution in [-0.4, -0.2) is 29.9 Å². The van der Waals surface area contributed by atoms with E-state index in [1.54, 1.807) is 18.2 Å². The summed E-state index contributed by atoms with van der Waals surface area (Å²) in [5.74, 6) is -0.933. The number of benzene rings is 2. The number of anilines is 2. The zero-order valence-corrected chi connectivity index (χ0v) is 20.9. The average Bonchev–Trinajstić information content (AvgIpc) is 2.75. The van der Waals surface area contributed by atoms with Gasteiger partial charge in [0.15, 0.2) is 0 Å². The standard InChI is InChI=1S/C28H33N3O3/c1-7-12-30-24-13-18(3)20(14-21(24)19(4)16-28(30,5)6)15-22-25(32)29-27(34)31(26(22)33)23-11-9-8-10-17(23)2/h8-11,13-15,19H,7,12,16H2,1-6H3,(H,29,32,34)/b22-15-. The number of nitrogens with zero attached hydrogens (tertiary/aromatic N) is 2. The van der Waals surface area contributed by atoms with Gasteiger partial charge in [-0.3, -0.25) is 14.9 Å². The van der Waals surface area contributed by atoms with Crippen molar-refractivity contribution >= 4 is 35.3 Å². The Bertz CT molecular complexity index is 1210. The van der Waals surface area contributed by atoms with Crippen LogP contribution in [0.15, 0.2) is 42.0 Å². The lowest BCUT2D eigenvalue weighted by molar-refractivity contribution is -0.122. The monoisotopic (exact) mass is 459 g/mol. The third-order valence-corrected chi connectivity index (χ3v) is 6.98. The van der Waals surface area contributed by atoms with E-state index in [0.29, 0.717) is 11.6 Å². The molecule has 0 aromatic heterocycles. The molecular formula is C28H33N3O3. The molecule has 4 rings (SSSR count). The van der Waals surface area contributed by atoms with Gasteiger partial charge in [0.1, 0.15) is 5.57 Å². The second-order valence-electron chi connectivity index (χ2n) is 10.1. The molecule has 1 atom stereocenters. The van der Waals surface area contributed by atoms with Crippen LogP contribution in [0.4, 0.5) is 16.2 Å². The third kappa shape index (κ3) is 4.02. The van der Waals surface area contributed by atoms with E-state index in [9.17, 15) is 14.4 Å². The molecule has 0 radical (unpaired) electrons.